The first-order chi connectivity index (χ1) is 14.2. The molecule has 1 heterocycles. The van der Waals surface area contributed by atoms with Crippen LogP contribution in [0.1, 0.15) is 0 Å². The molecule has 0 saturated carbocycles. The molecular formula is C24H17N3O2. The van der Waals surface area contributed by atoms with Gasteiger partial charge in [0.15, 0.2) is 11.6 Å². The van der Waals surface area contributed by atoms with E-state index >= 15 is 0 Å². The zero-order valence-electron chi connectivity index (χ0n) is 15.7. The number of phenolic OH excluding ortho intramolecular Hbond substituents is 1. The summed E-state index contributed by atoms with van der Waals surface area (Å²) >= 11 is 0. The Hall–Kier alpha value is -3.99. The summed E-state index contributed by atoms with van der Waals surface area (Å²) in [5, 5.41) is 14.7. The van der Waals surface area contributed by atoms with E-state index in [1.807, 2.05) is 30.3 Å². The maximum Gasteiger partial charge on any atom is 0.320 e. The number of aromatic hydroxyl groups is 1. The molecule has 4 aromatic carbocycles. The first-order valence-corrected chi connectivity index (χ1v) is 9.24. The topological polar surface area (TPSA) is 68.1 Å². The van der Waals surface area contributed by atoms with Gasteiger partial charge in [-0.05, 0) is 39.7 Å². The monoisotopic (exact) mass is 379 g/mol. The lowest BCUT2D eigenvalue weighted by Gasteiger charge is -2.12. The third-order valence-electron chi connectivity index (χ3n) is 4.95. The van der Waals surface area contributed by atoms with Crippen LogP contribution in [0.4, 0.5) is 0 Å². The molecular weight excluding hydrogens is 362 g/mol. The predicted molar refractivity (Wildman–Crippen MR) is 114 cm³/mol. The second kappa shape index (κ2) is 6.87. The van der Waals surface area contributed by atoms with Crippen molar-refractivity contribution in [2.24, 2.45) is 0 Å². The third kappa shape index (κ3) is 2.93. The highest BCUT2D eigenvalue weighted by atomic mass is 16.5. The van der Waals surface area contributed by atoms with Crippen LogP contribution in [-0.4, -0.2) is 27.2 Å². The number of hydrogen-bond acceptors (Lipinski definition) is 5. The van der Waals surface area contributed by atoms with Gasteiger partial charge < -0.3 is 9.84 Å². The molecule has 140 valence electrons. The molecule has 1 N–H and O–H groups in total. The van der Waals surface area contributed by atoms with E-state index in [4.69, 9.17) is 4.74 Å². The molecule has 0 spiro atoms. The minimum Gasteiger partial charge on any atom is -0.507 e. The zero-order valence-corrected chi connectivity index (χ0v) is 15.7. The molecule has 0 bridgehead atoms. The lowest BCUT2D eigenvalue weighted by molar-refractivity contribution is 0.379. The highest BCUT2D eigenvalue weighted by molar-refractivity contribution is 6.13. The number of fused-ring (bicyclic) bond motifs is 3. The second-order valence-corrected chi connectivity index (χ2v) is 6.68. The normalized spacial score (nSPS) is 11.1. The van der Waals surface area contributed by atoms with E-state index in [1.54, 1.807) is 18.2 Å². The van der Waals surface area contributed by atoms with Crippen molar-refractivity contribution in [3.05, 3.63) is 78.9 Å². The molecule has 0 saturated heterocycles. The van der Waals surface area contributed by atoms with Crippen molar-refractivity contribution < 1.29 is 9.84 Å². The Morgan fingerprint density at radius 2 is 1.28 bits per heavy atom. The summed E-state index contributed by atoms with van der Waals surface area (Å²) in [7, 11) is 1.52. The highest BCUT2D eigenvalue weighted by Gasteiger charge is 2.16. The van der Waals surface area contributed by atoms with Gasteiger partial charge in [-0.3, -0.25) is 0 Å². The summed E-state index contributed by atoms with van der Waals surface area (Å²) in [6.07, 6.45) is 0. The van der Waals surface area contributed by atoms with Crippen LogP contribution in [0.25, 0.3) is 44.3 Å². The fraction of sp³-hybridized carbons (Fsp3) is 0.0417. The number of rotatable bonds is 3. The van der Waals surface area contributed by atoms with Crippen LogP contribution < -0.4 is 4.74 Å². The van der Waals surface area contributed by atoms with Crippen LogP contribution in [0.3, 0.4) is 0 Å². The molecule has 0 aliphatic rings. The SMILES string of the molecule is COc1nc(-c2ccccc2O)nc(-c2cc3ccccc3c3ccccc23)n1. The third-order valence-corrected chi connectivity index (χ3v) is 4.95. The standard InChI is InChI=1S/C24H17N3O2/c1-29-24-26-22(19-12-6-7-13-21(19)28)25-23(27-24)20-14-15-8-2-3-9-16(15)17-10-4-5-11-18(17)20/h2-14,28H,1H3. The Morgan fingerprint density at radius 3 is 2.03 bits per heavy atom. The maximum atomic E-state index is 10.3. The van der Waals surface area contributed by atoms with E-state index in [0.717, 1.165) is 21.7 Å². The van der Waals surface area contributed by atoms with Gasteiger partial charge in [-0.2, -0.15) is 9.97 Å². The minimum atomic E-state index is 0.107. The van der Waals surface area contributed by atoms with E-state index in [2.05, 4.69) is 45.3 Å². The molecule has 0 fully saturated rings. The molecule has 1 aromatic heterocycles. The molecule has 0 unspecified atom stereocenters. The second-order valence-electron chi connectivity index (χ2n) is 6.68. The summed E-state index contributed by atoms with van der Waals surface area (Å²) < 4.78 is 5.33. The van der Waals surface area contributed by atoms with E-state index < -0.39 is 0 Å². The van der Waals surface area contributed by atoms with Crippen molar-refractivity contribution in [1.29, 1.82) is 0 Å². The molecule has 5 aromatic rings. The number of nitrogens with zero attached hydrogens (tertiary/aromatic N) is 3. The van der Waals surface area contributed by atoms with Crippen LogP contribution in [-0.2, 0) is 0 Å². The molecule has 0 atom stereocenters. The van der Waals surface area contributed by atoms with Gasteiger partial charge in [0, 0.05) is 5.56 Å². The van der Waals surface area contributed by atoms with Crippen molar-refractivity contribution in [3.63, 3.8) is 0 Å². The average molecular weight is 379 g/mol. The number of aromatic nitrogens is 3. The summed E-state index contributed by atoms with van der Waals surface area (Å²) in [6.45, 7) is 0. The quantitative estimate of drug-likeness (QED) is 0.435. The number of phenols is 1. The van der Waals surface area contributed by atoms with Crippen molar-refractivity contribution in [2.75, 3.05) is 7.11 Å². The van der Waals surface area contributed by atoms with Crippen LogP contribution >= 0.6 is 0 Å². The number of para-hydroxylation sites is 1. The lowest BCUT2D eigenvalue weighted by Crippen LogP contribution is -2.01. The van der Waals surface area contributed by atoms with Crippen molar-refractivity contribution >= 4 is 21.5 Å². The Labute approximate surface area is 167 Å². The Kier molecular flexibility index (Phi) is 4.06. The molecule has 29 heavy (non-hydrogen) atoms. The van der Waals surface area contributed by atoms with Gasteiger partial charge in [0.25, 0.3) is 0 Å². The first-order valence-electron chi connectivity index (χ1n) is 9.24. The smallest absolute Gasteiger partial charge is 0.320 e. The molecule has 0 amide bonds. The Balaban J connectivity index is 1.83. The van der Waals surface area contributed by atoms with E-state index in [-0.39, 0.29) is 11.8 Å². The number of benzene rings is 4. The minimum absolute atomic E-state index is 0.107. The van der Waals surface area contributed by atoms with Gasteiger partial charge >= 0.3 is 6.01 Å². The zero-order chi connectivity index (χ0) is 19.8. The summed E-state index contributed by atoms with van der Waals surface area (Å²) in [6, 6.07) is 25.7. The van der Waals surface area contributed by atoms with Crippen LogP contribution in [0, 0.1) is 0 Å². The van der Waals surface area contributed by atoms with Gasteiger partial charge in [0.1, 0.15) is 5.75 Å². The first kappa shape index (κ1) is 17.1. The molecule has 0 aliphatic heterocycles. The predicted octanol–water partition coefficient (Wildman–Crippen LogP) is 5.23. The number of methoxy groups -OCH3 is 1. The van der Waals surface area contributed by atoms with E-state index in [1.165, 1.54) is 12.5 Å². The van der Waals surface area contributed by atoms with Crippen molar-refractivity contribution in [1.82, 2.24) is 15.0 Å². The van der Waals surface area contributed by atoms with E-state index in [9.17, 15) is 5.11 Å². The summed E-state index contributed by atoms with van der Waals surface area (Å²) in [5.74, 6) is 0.967. The van der Waals surface area contributed by atoms with Crippen LogP contribution in [0.2, 0.25) is 0 Å². The number of hydrogen-bond donors (Lipinski definition) is 1. The van der Waals surface area contributed by atoms with E-state index in [0.29, 0.717) is 17.2 Å². The highest BCUT2D eigenvalue weighted by Crippen LogP contribution is 2.35. The fourth-order valence-electron chi connectivity index (χ4n) is 3.59. The van der Waals surface area contributed by atoms with Gasteiger partial charge in [-0.1, -0.05) is 60.7 Å². The lowest BCUT2D eigenvalue weighted by atomic mass is 9.97. The molecule has 5 heteroatoms. The Bertz CT molecular complexity index is 1370. The van der Waals surface area contributed by atoms with Gasteiger partial charge in [0.2, 0.25) is 0 Å². The number of ether oxygens (including phenoxy) is 1. The molecule has 5 nitrogen and oxygen atoms in total. The molecule has 0 aliphatic carbocycles. The van der Waals surface area contributed by atoms with Gasteiger partial charge in [0.05, 0.1) is 12.7 Å². The van der Waals surface area contributed by atoms with Crippen LogP contribution in [0.15, 0.2) is 78.9 Å². The fourth-order valence-corrected chi connectivity index (χ4v) is 3.59. The van der Waals surface area contributed by atoms with Gasteiger partial charge in [-0.15, -0.1) is 0 Å². The molecule has 5 rings (SSSR count). The molecule has 0 radical (unpaired) electrons. The van der Waals surface area contributed by atoms with Gasteiger partial charge in [-0.25, -0.2) is 4.98 Å². The van der Waals surface area contributed by atoms with Crippen molar-refractivity contribution in [3.8, 4) is 34.5 Å². The average Bonchev–Trinajstić information content (AvgIpc) is 2.78. The Morgan fingerprint density at radius 1 is 0.655 bits per heavy atom. The largest absolute Gasteiger partial charge is 0.507 e. The summed E-state index contributed by atoms with van der Waals surface area (Å²) in [5.41, 5.74) is 1.41. The van der Waals surface area contributed by atoms with Crippen molar-refractivity contribution in [2.45, 2.75) is 0 Å². The van der Waals surface area contributed by atoms with Crippen LogP contribution in [0.5, 0.6) is 11.8 Å². The summed E-state index contributed by atoms with van der Waals surface area (Å²) in [4.78, 5) is 13.5. The maximum absolute atomic E-state index is 10.3.